The van der Waals surface area contributed by atoms with E-state index in [9.17, 15) is 31.1 Å². The van der Waals surface area contributed by atoms with Crippen LogP contribution in [0.15, 0.2) is 18.5 Å². The summed E-state index contributed by atoms with van der Waals surface area (Å²) in [5.74, 6) is -1.34. The molecular weight excluding hydrogens is 412 g/mol. The fourth-order valence-electron chi connectivity index (χ4n) is 2.24. The molecule has 2 aromatic heterocycles. The molecule has 12 heteroatoms. The molecule has 0 aliphatic carbocycles. The first-order valence-electron chi connectivity index (χ1n) is 8.01. The van der Waals surface area contributed by atoms with Crippen molar-refractivity contribution in [2.24, 2.45) is 0 Å². The number of pyridine rings is 1. The summed E-state index contributed by atoms with van der Waals surface area (Å²) in [5.41, 5.74) is -1.59. The average molecular weight is 427 g/mol. The zero-order chi connectivity index (χ0) is 21.1. The van der Waals surface area contributed by atoms with Crippen molar-refractivity contribution in [3.8, 4) is 10.4 Å². The maximum Gasteiger partial charge on any atom is 0.417 e. The first kappa shape index (κ1) is 21.9. The van der Waals surface area contributed by atoms with Crippen LogP contribution in [-0.2, 0) is 10.9 Å². The van der Waals surface area contributed by atoms with Gasteiger partial charge in [-0.25, -0.2) is 14.8 Å². The summed E-state index contributed by atoms with van der Waals surface area (Å²) < 4.78 is 83.7. The third kappa shape index (κ3) is 5.12. The van der Waals surface area contributed by atoms with Crippen molar-refractivity contribution in [3.63, 3.8) is 0 Å². The van der Waals surface area contributed by atoms with E-state index >= 15 is 0 Å². The summed E-state index contributed by atoms with van der Waals surface area (Å²) in [6, 6.07) is -1.53. The van der Waals surface area contributed by atoms with Gasteiger partial charge in [-0.2, -0.15) is 26.3 Å². The Bertz CT molecular complexity index is 835. The summed E-state index contributed by atoms with van der Waals surface area (Å²) in [6.45, 7) is 2.88. The van der Waals surface area contributed by atoms with Gasteiger partial charge in [-0.15, -0.1) is 11.3 Å². The number of esters is 1. The minimum atomic E-state index is -4.86. The Kier molecular flexibility index (Phi) is 6.52. The van der Waals surface area contributed by atoms with Crippen LogP contribution in [0.1, 0.15) is 35.6 Å². The summed E-state index contributed by atoms with van der Waals surface area (Å²) in [6.07, 6.45) is -8.02. The molecule has 0 aliphatic heterocycles. The highest BCUT2D eigenvalue weighted by Gasteiger charge is 2.39. The molecule has 0 spiro atoms. The highest BCUT2D eigenvalue weighted by atomic mass is 32.1. The van der Waals surface area contributed by atoms with Gasteiger partial charge in [0.1, 0.15) is 11.9 Å². The topological polar surface area (TPSA) is 64.1 Å². The van der Waals surface area contributed by atoms with Gasteiger partial charge in [-0.1, -0.05) is 6.92 Å². The second-order valence-corrected chi connectivity index (χ2v) is 6.54. The number of carbonyl (C=O) groups is 1. The van der Waals surface area contributed by atoms with Crippen LogP contribution >= 0.6 is 11.3 Å². The molecule has 0 amide bonds. The van der Waals surface area contributed by atoms with E-state index in [4.69, 9.17) is 4.74 Å². The lowest BCUT2D eigenvalue weighted by atomic mass is 10.1. The summed E-state index contributed by atoms with van der Waals surface area (Å²) in [7, 11) is 0. The first-order valence-corrected chi connectivity index (χ1v) is 8.82. The van der Waals surface area contributed by atoms with E-state index in [1.54, 1.807) is 6.92 Å². The molecule has 2 aromatic rings. The average Bonchev–Trinajstić information content (AvgIpc) is 3.08. The van der Waals surface area contributed by atoms with Crippen molar-refractivity contribution in [1.29, 1.82) is 0 Å². The summed E-state index contributed by atoms with van der Waals surface area (Å²) >= 11 is 0.667. The van der Waals surface area contributed by atoms with E-state index in [0.29, 0.717) is 17.4 Å². The molecule has 0 bridgehead atoms. The van der Waals surface area contributed by atoms with Crippen LogP contribution in [0.4, 0.5) is 32.2 Å². The lowest BCUT2D eigenvalue weighted by Gasteiger charge is -2.21. The van der Waals surface area contributed by atoms with Crippen molar-refractivity contribution in [2.45, 2.75) is 38.7 Å². The Morgan fingerprint density at radius 1 is 1.18 bits per heavy atom. The van der Waals surface area contributed by atoms with Gasteiger partial charge in [0.05, 0.1) is 17.0 Å². The number of halogens is 6. The van der Waals surface area contributed by atoms with Gasteiger partial charge < -0.3 is 10.1 Å². The standard InChI is InChI=1S/C16H15F6N3O2S/c1-3-11(16(20,21)22)25-12-5-9(15(17,18)19)8(6-23-12)10-7-24-13(28-10)14(26)27-4-2/h5-7,11H,3-4H2,1-2H3,(H,23,25)/t11-/m0/s1. The van der Waals surface area contributed by atoms with Gasteiger partial charge in [0.25, 0.3) is 0 Å². The van der Waals surface area contributed by atoms with E-state index in [-0.39, 0.29) is 22.9 Å². The van der Waals surface area contributed by atoms with Gasteiger partial charge in [-0.05, 0) is 19.4 Å². The first-order chi connectivity index (χ1) is 13.0. The summed E-state index contributed by atoms with van der Waals surface area (Å²) in [5, 5.41) is 1.83. The predicted molar refractivity (Wildman–Crippen MR) is 90.1 cm³/mol. The molecule has 0 fully saturated rings. The second kappa shape index (κ2) is 8.33. The largest absolute Gasteiger partial charge is 0.461 e. The molecule has 0 aromatic carbocycles. The van der Waals surface area contributed by atoms with E-state index in [2.05, 4.69) is 9.97 Å². The lowest BCUT2D eigenvalue weighted by molar-refractivity contribution is -0.142. The van der Waals surface area contributed by atoms with Crippen LogP contribution in [-0.4, -0.2) is 34.8 Å². The number of aromatic nitrogens is 2. The lowest BCUT2D eigenvalue weighted by Crippen LogP contribution is -2.35. The van der Waals surface area contributed by atoms with Crippen molar-refractivity contribution in [1.82, 2.24) is 9.97 Å². The minimum absolute atomic E-state index is 0.0164. The van der Waals surface area contributed by atoms with Crippen LogP contribution in [0.3, 0.4) is 0 Å². The van der Waals surface area contributed by atoms with E-state index < -0.39 is 41.3 Å². The Morgan fingerprint density at radius 3 is 2.39 bits per heavy atom. The maximum atomic E-state index is 13.5. The number of rotatable bonds is 6. The number of hydrogen-bond donors (Lipinski definition) is 1. The molecular formula is C16H15F6N3O2S. The fraction of sp³-hybridized carbons (Fsp3) is 0.438. The van der Waals surface area contributed by atoms with Gasteiger partial charge >= 0.3 is 18.3 Å². The molecule has 0 saturated carbocycles. The van der Waals surface area contributed by atoms with E-state index in [1.165, 1.54) is 6.92 Å². The molecule has 5 nitrogen and oxygen atoms in total. The highest BCUT2D eigenvalue weighted by Crippen LogP contribution is 2.40. The van der Waals surface area contributed by atoms with E-state index in [0.717, 1.165) is 12.4 Å². The summed E-state index contributed by atoms with van der Waals surface area (Å²) in [4.78, 5) is 19.0. The quantitative estimate of drug-likeness (QED) is 0.510. The van der Waals surface area contributed by atoms with Crippen LogP contribution in [0.2, 0.25) is 0 Å². The molecule has 0 aliphatic rings. The van der Waals surface area contributed by atoms with Crippen molar-refractivity contribution in [2.75, 3.05) is 11.9 Å². The van der Waals surface area contributed by atoms with Crippen molar-refractivity contribution >= 4 is 23.1 Å². The third-order valence-corrected chi connectivity index (χ3v) is 4.57. The number of hydrogen-bond acceptors (Lipinski definition) is 6. The van der Waals surface area contributed by atoms with Gasteiger partial charge in [-0.3, -0.25) is 0 Å². The minimum Gasteiger partial charge on any atom is -0.461 e. The normalized spacial score (nSPS) is 13.3. The number of carbonyl (C=O) groups excluding carboxylic acids is 1. The van der Waals surface area contributed by atoms with Gasteiger partial charge in [0.15, 0.2) is 0 Å². The highest BCUT2D eigenvalue weighted by molar-refractivity contribution is 7.16. The van der Waals surface area contributed by atoms with Crippen LogP contribution < -0.4 is 5.32 Å². The molecule has 1 atom stereocenters. The number of nitrogens with one attached hydrogen (secondary N) is 1. The Morgan fingerprint density at radius 2 is 1.86 bits per heavy atom. The number of ether oxygens (including phenoxy) is 1. The zero-order valence-corrected chi connectivity index (χ0v) is 15.4. The molecule has 0 unspecified atom stereocenters. The molecule has 28 heavy (non-hydrogen) atoms. The Hall–Kier alpha value is -2.37. The number of alkyl halides is 6. The molecule has 154 valence electrons. The van der Waals surface area contributed by atoms with Crippen LogP contribution in [0.25, 0.3) is 10.4 Å². The maximum absolute atomic E-state index is 13.5. The van der Waals surface area contributed by atoms with Gasteiger partial charge in [0.2, 0.25) is 5.01 Å². The van der Waals surface area contributed by atoms with Crippen LogP contribution in [0, 0.1) is 0 Å². The number of nitrogens with zero attached hydrogens (tertiary/aromatic N) is 2. The monoisotopic (exact) mass is 427 g/mol. The number of thiazole rings is 1. The molecule has 1 N–H and O–H groups in total. The molecule has 0 saturated heterocycles. The van der Waals surface area contributed by atoms with Gasteiger partial charge in [0, 0.05) is 18.0 Å². The smallest absolute Gasteiger partial charge is 0.417 e. The van der Waals surface area contributed by atoms with Crippen molar-refractivity contribution in [3.05, 3.63) is 29.0 Å². The fourth-order valence-corrected chi connectivity index (χ4v) is 3.08. The van der Waals surface area contributed by atoms with E-state index in [1.807, 2.05) is 5.32 Å². The van der Waals surface area contributed by atoms with Crippen LogP contribution in [0.5, 0.6) is 0 Å². The molecule has 2 rings (SSSR count). The Balaban J connectivity index is 2.42. The SMILES string of the molecule is CCOC(=O)c1ncc(-c2cnc(N[C@@H](CC)C(F)(F)F)cc2C(F)(F)F)s1. The molecule has 0 radical (unpaired) electrons. The van der Waals surface area contributed by atoms with Crippen molar-refractivity contribution < 1.29 is 35.9 Å². The number of anilines is 1. The second-order valence-electron chi connectivity index (χ2n) is 5.51. The predicted octanol–water partition coefficient (Wildman–Crippen LogP) is 5.15. The third-order valence-electron chi connectivity index (χ3n) is 3.56. The Labute approximate surface area is 159 Å². The molecule has 2 heterocycles. The zero-order valence-electron chi connectivity index (χ0n) is 14.6.